The number of hydrogen-bond acceptors (Lipinski definition) is 6. The summed E-state index contributed by atoms with van der Waals surface area (Å²) < 4.78 is 8.54. The van der Waals surface area contributed by atoms with Crippen molar-refractivity contribution in [3.05, 3.63) is 0 Å². The number of ether oxygens (including phenoxy) is 2. The van der Waals surface area contributed by atoms with Gasteiger partial charge in [0.15, 0.2) is 6.10 Å². The van der Waals surface area contributed by atoms with Crippen molar-refractivity contribution in [2.45, 2.75) is 33.3 Å². The summed E-state index contributed by atoms with van der Waals surface area (Å²) in [5, 5.41) is 7.57. The van der Waals surface area contributed by atoms with Crippen LogP contribution in [-0.2, 0) is 23.9 Å². The molecule has 0 aliphatic heterocycles. The summed E-state index contributed by atoms with van der Waals surface area (Å²) in [4.78, 5) is 31.0. The van der Waals surface area contributed by atoms with Gasteiger partial charge in [-0.15, -0.1) is 0 Å². The van der Waals surface area contributed by atoms with Crippen LogP contribution in [0.15, 0.2) is 0 Å². The average Bonchev–Trinajstić information content (AvgIpc) is 2.14. The first-order valence-corrected chi connectivity index (χ1v) is 4.45. The van der Waals surface area contributed by atoms with E-state index in [0.717, 1.165) is 6.92 Å². The van der Waals surface area contributed by atoms with Gasteiger partial charge in [0.2, 0.25) is 0 Å². The molecule has 0 spiro atoms. The third kappa shape index (κ3) is 10.5. The summed E-state index contributed by atoms with van der Waals surface area (Å²) in [6.45, 7) is 4.82. The van der Waals surface area contributed by atoms with Crippen molar-refractivity contribution in [3.8, 4) is 0 Å². The van der Waals surface area contributed by atoms with Crippen molar-refractivity contribution in [2.75, 3.05) is 6.61 Å². The number of carbonyl (C=O) groups excluding carboxylic acids is 3. The SMILES string of the molecule is CCC(OC=O)C(=O)OC(C)=O.CCO. The molecule has 0 amide bonds. The molecule has 0 aliphatic carbocycles. The summed E-state index contributed by atoms with van der Waals surface area (Å²) in [5.41, 5.74) is 0. The summed E-state index contributed by atoms with van der Waals surface area (Å²) in [5.74, 6) is -1.55. The highest BCUT2D eigenvalue weighted by Crippen LogP contribution is 1.99. The molecule has 6 heteroatoms. The van der Waals surface area contributed by atoms with E-state index < -0.39 is 18.0 Å². The van der Waals surface area contributed by atoms with Gasteiger partial charge in [0.25, 0.3) is 6.47 Å². The fraction of sp³-hybridized carbons (Fsp3) is 0.667. The van der Waals surface area contributed by atoms with Gasteiger partial charge < -0.3 is 14.6 Å². The number of hydrogen-bond donors (Lipinski definition) is 1. The molecule has 0 rings (SSSR count). The van der Waals surface area contributed by atoms with Crippen LogP contribution in [-0.4, -0.2) is 36.2 Å². The molecule has 0 heterocycles. The molecule has 0 saturated carbocycles. The van der Waals surface area contributed by atoms with E-state index in [1.165, 1.54) is 0 Å². The van der Waals surface area contributed by atoms with E-state index in [2.05, 4.69) is 9.47 Å². The molecule has 0 aliphatic rings. The highest BCUT2D eigenvalue weighted by atomic mass is 16.6. The van der Waals surface area contributed by atoms with Gasteiger partial charge in [-0.1, -0.05) is 6.92 Å². The highest BCUT2D eigenvalue weighted by Gasteiger charge is 2.20. The van der Waals surface area contributed by atoms with Crippen molar-refractivity contribution >= 4 is 18.4 Å². The van der Waals surface area contributed by atoms with E-state index in [1.807, 2.05) is 0 Å². The van der Waals surface area contributed by atoms with Crippen LogP contribution in [0, 0.1) is 0 Å². The first kappa shape index (κ1) is 16.0. The summed E-state index contributed by atoms with van der Waals surface area (Å²) >= 11 is 0. The van der Waals surface area contributed by atoms with Gasteiger partial charge in [0.05, 0.1) is 0 Å². The zero-order chi connectivity index (χ0) is 12.3. The largest absolute Gasteiger partial charge is 0.453 e. The Bertz CT molecular complexity index is 201. The number of aliphatic hydroxyl groups is 1. The summed E-state index contributed by atoms with van der Waals surface area (Å²) in [6, 6.07) is 0. The lowest BCUT2D eigenvalue weighted by molar-refractivity contribution is -0.169. The lowest BCUT2D eigenvalue weighted by Crippen LogP contribution is -2.26. The van der Waals surface area contributed by atoms with Crippen LogP contribution >= 0.6 is 0 Å². The van der Waals surface area contributed by atoms with E-state index >= 15 is 0 Å². The third-order valence-electron chi connectivity index (χ3n) is 1.10. The van der Waals surface area contributed by atoms with Gasteiger partial charge in [-0.25, -0.2) is 4.79 Å². The van der Waals surface area contributed by atoms with Crippen LogP contribution in [0.1, 0.15) is 27.2 Å². The number of aliphatic hydroxyl groups excluding tert-OH is 1. The van der Waals surface area contributed by atoms with E-state index in [1.54, 1.807) is 13.8 Å². The predicted octanol–water partition coefficient (Wildman–Crippen LogP) is 0.0263. The minimum Gasteiger partial charge on any atom is -0.453 e. The Morgan fingerprint density at radius 2 is 1.87 bits per heavy atom. The molecule has 6 nitrogen and oxygen atoms in total. The minimum atomic E-state index is -0.980. The van der Waals surface area contributed by atoms with Gasteiger partial charge in [-0.2, -0.15) is 0 Å². The fourth-order valence-electron chi connectivity index (χ4n) is 0.593. The van der Waals surface area contributed by atoms with Gasteiger partial charge in [0.1, 0.15) is 0 Å². The van der Waals surface area contributed by atoms with Crippen molar-refractivity contribution in [1.29, 1.82) is 0 Å². The fourth-order valence-corrected chi connectivity index (χ4v) is 0.593. The molecule has 1 atom stereocenters. The number of rotatable bonds is 4. The standard InChI is InChI=1S/C7H10O5.C2H6O/c1-3-6(11-4-8)7(10)12-5(2)9;1-2-3/h4,6H,3H2,1-2H3;3H,2H2,1H3. The molecule has 88 valence electrons. The van der Waals surface area contributed by atoms with Crippen LogP contribution in [0.25, 0.3) is 0 Å². The van der Waals surface area contributed by atoms with Crippen molar-refractivity contribution < 1.29 is 29.0 Å². The normalized spacial score (nSPS) is 10.4. The van der Waals surface area contributed by atoms with Gasteiger partial charge in [-0.3, -0.25) is 9.59 Å². The molecule has 1 unspecified atom stereocenters. The zero-order valence-corrected chi connectivity index (χ0v) is 9.06. The van der Waals surface area contributed by atoms with E-state index in [4.69, 9.17) is 5.11 Å². The van der Waals surface area contributed by atoms with Crippen LogP contribution < -0.4 is 0 Å². The van der Waals surface area contributed by atoms with Crippen LogP contribution in [0.2, 0.25) is 0 Å². The van der Waals surface area contributed by atoms with Gasteiger partial charge in [-0.05, 0) is 13.3 Å². The van der Waals surface area contributed by atoms with Gasteiger partial charge >= 0.3 is 11.9 Å². The molecular weight excluding hydrogens is 204 g/mol. The van der Waals surface area contributed by atoms with Crippen LogP contribution in [0.4, 0.5) is 0 Å². The molecule has 0 aromatic heterocycles. The second-order valence-corrected chi connectivity index (χ2v) is 2.36. The third-order valence-corrected chi connectivity index (χ3v) is 1.10. The quantitative estimate of drug-likeness (QED) is 0.408. The number of esters is 2. The molecule has 0 radical (unpaired) electrons. The average molecular weight is 220 g/mol. The Labute approximate surface area is 88.2 Å². The number of carbonyl (C=O) groups is 3. The molecule has 0 saturated heterocycles. The van der Waals surface area contributed by atoms with E-state index in [9.17, 15) is 14.4 Å². The lowest BCUT2D eigenvalue weighted by atomic mass is 10.3. The Hall–Kier alpha value is -1.43. The van der Waals surface area contributed by atoms with Crippen molar-refractivity contribution in [2.24, 2.45) is 0 Å². The molecule has 0 bridgehead atoms. The summed E-state index contributed by atoms with van der Waals surface area (Å²) in [6.07, 6.45) is -0.698. The monoisotopic (exact) mass is 220 g/mol. The Morgan fingerprint density at radius 1 is 1.40 bits per heavy atom. The van der Waals surface area contributed by atoms with Gasteiger partial charge in [0, 0.05) is 13.5 Å². The predicted molar refractivity (Wildman–Crippen MR) is 50.8 cm³/mol. The maximum absolute atomic E-state index is 10.8. The van der Waals surface area contributed by atoms with E-state index in [0.29, 0.717) is 0 Å². The molecular formula is C9H16O6. The Kier molecular flexibility index (Phi) is 11.4. The Morgan fingerprint density at radius 3 is 2.13 bits per heavy atom. The first-order valence-electron chi connectivity index (χ1n) is 4.45. The second-order valence-electron chi connectivity index (χ2n) is 2.36. The molecule has 1 N–H and O–H groups in total. The maximum atomic E-state index is 10.8. The lowest BCUT2D eigenvalue weighted by Gasteiger charge is -2.09. The molecule has 15 heavy (non-hydrogen) atoms. The maximum Gasteiger partial charge on any atom is 0.355 e. The topological polar surface area (TPSA) is 89.9 Å². The smallest absolute Gasteiger partial charge is 0.355 e. The van der Waals surface area contributed by atoms with Crippen LogP contribution in [0.5, 0.6) is 0 Å². The second kappa shape index (κ2) is 10.6. The highest BCUT2D eigenvalue weighted by molar-refractivity contribution is 5.87. The van der Waals surface area contributed by atoms with Crippen LogP contribution in [0.3, 0.4) is 0 Å². The Balaban J connectivity index is 0. The van der Waals surface area contributed by atoms with E-state index in [-0.39, 0.29) is 19.5 Å². The molecule has 0 aromatic rings. The first-order chi connectivity index (χ1) is 7.03. The van der Waals surface area contributed by atoms with Crippen molar-refractivity contribution in [3.63, 3.8) is 0 Å². The molecule has 0 aromatic carbocycles. The summed E-state index contributed by atoms with van der Waals surface area (Å²) in [7, 11) is 0. The molecule has 0 fully saturated rings. The minimum absolute atomic E-state index is 0.148. The van der Waals surface area contributed by atoms with Crippen molar-refractivity contribution in [1.82, 2.24) is 0 Å². The zero-order valence-electron chi connectivity index (χ0n) is 9.06.